The Labute approximate surface area is 165 Å². The lowest BCUT2D eigenvalue weighted by atomic mass is 9.92. The molecule has 5 atom stereocenters. The lowest BCUT2D eigenvalue weighted by molar-refractivity contribution is -0.279. The number of alkyl halides is 3. The fourth-order valence-corrected chi connectivity index (χ4v) is 3.45. The van der Waals surface area contributed by atoms with Crippen LogP contribution in [-0.2, 0) is 34.1 Å². The zero-order valence-corrected chi connectivity index (χ0v) is 15.8. The Bertz CT molecular complexity index is 778. The summed E-state index contributed by atoms with van der Waals surface area (Å²) in [6.45, 7) is 1.43. The van der Waals surface area contributed by atoms with Crippen molar-refractivity contribution in [2.45, 2.75) is 56.0 Å². The number of esters is 2. The molecule has 1 aromatic carbocycles. The van der Waals surface area contributed by atoms with Gasteiger partial charge in [-0.25, -0.2) is 4.79 Å². The van der Waals surface area contributed by atoms with E-state index >= 15 is 0 Å². The van der Waals surface area contributed by atoms with E-state index in [9.17, 15) is 22.8 Å². The Morgan fingerprint density at radius 1 is 1.21 bits per heavy atom. The molecule has 2 aliphatic rings. The van der Waals surface area contributed by atoms with Crippen molar-refractivity contribution in [1.29, 1.82) is 0 Å². The lowest BCUT2D eigenvalue weighted by Gasteiger charge is -2.34. The Morgan fingerprint density at radius 3 is 2.45 bits per heavy atom. The van der Waals surface area contributed by atoms with E-state index < -0.39 is 42.2 Å². The number of methoxy groups -OCH3 is 1. The summed E-state index contributed by atoms with van der Waals surface area (Å²) in [7, 11) is 0.808. The number of hydrogen-bond acceptors (Lipinski definition) is 6. The van der Waals surface area contributed by atoms with Gasteiger partial charge in [0.15, 0.2) is 0 Å². The molecule has 0 aliphatic carbocycles. The van der Waals surface area contributed by atoms with Crippen LogP contribution in [0.15, 0.2) is 42.5 Å². The van der Waals surface area contributed by atoms with Crippen molar-refractivity contribution in [3.63, 3.8) is 0 Å². The lowest BCUT2D eigenvalue weighted by Crippen LogP contribution is -2.53. The van der Waals surface area contributed by atoms with Crippen LogP contribution in [-0.4, -0.2) is 49.6 Å². The summed E-state index contributed by atoms with van der Waals surface area (Å²) in [4.78, 5) is 23.9. The van der Waals surface area contributed by atoms with Gasteiger partial charge in [-0.15, -0.1) is 0 Å². The van der Waals surface area contributed by atoms with E-state index in [-0.39, 0.29) is 18.0 Å². The van der Waals surface area contributed by atoms with Crippen molar-refractivity contribution in [2.75, 3.05) is 7.11 Å². The number of halogens is 3. The number of rotatable bonds is 6. The van der Waals surface area contributed by atoms with Crippen molar-refractivity contribution in [3.05, 3.63) is 48.0 Å². The van der Waals surface area contributed by atoms with Gasteiger partial charge in [0.05, 0.1) is 0 Å². The smallest absolute Gasteiger partial charge is 0.432 e. The van der Waals surface area contributed by atoms with Gasteiger partial charge in [0, 0.05) is 19.1 Å². The van der Waals surface area contributed by atoms with Crippen LogP contribution < -0.4 is 0 Å². The van der Waals surface area contributed by atoms with Crippen LogP contribution in [0.1, 0.15) is 25.3 Å². The maximum Gasteiger partial charge on any atom is 0.432 e. The molecule has 1 aromatic rings. The topological polar surface area (TPSA) is 71.1 Å². The molecule has 2 aliphatic heterocycles. The van der Waals surface area contributed by atoms with Crippen LogP contribution in [0.5, 0.6) is 0 Å². The molecule has 0 N–H and O–H groups in total. The summed E-state index contributed by atoms with van der Waals surface area (Å²) in [6.07, 6.45) is -3.82. The van der Waals surface area contributed by atoms with Crippen molar-refractivity contribution < 1.29 is 41.7 Å². The highest BCUT2D eigenvalue weighted by Gasteiger charge is 2.64. The minimum Gasteiger partial charge on any atom is -0.459 e. The summed E-state index contributed by atoms with van der Waals surface area (Å²) < 4.78 is 62.5. The monoisotopic (exact) mass is 414 g/mol. The van der Waals surface area contributed by atoms with E-state index in [1.54, 1.807) is 12.2 Å². The predicted molar refractivity (Wildman–Crippen MR) is 93.7 cm³/mol. The molecule has 0 spiro atoms. The second-order valence-electron chi connectivity index (χ2n) is 6.88. The molecule has 1 saturated heterocycles. The van der Waals surface area contributed by atoms with Crippen LogP contribution in [0, 0.1) is 0 Å². The molecular formula is C20H21F3O6. The first-order valence-corrected chi connectivity index (χ1v) is 9.11. The first kappa shape index (κ1) is 21.3. The largest absolute Gasteiger partial charge is 0.459 e. The third-order valence-corrected chi connectivity index (χ3v) is 5.02. The van der Waals surface area contributed by atoms with Gasteiger partial charge in [0.2, 0.25) is 0 Å². The molecule has 9 heteroatoms. The summed E-state index contributed by atoms with van der Waals surface area (Å²) in [5.74, 6) is -1.91. The molecule has 0 radical (unpaired) electrons. The number of carbonyl (C=O) groups is 2. The number of carbonyl (C=O) groups excluding carboxylic acids is 2. The average Bonchev–Trinajstić information content (AvgIpc) is 3.31. The SMILES string of the molecule is CO[C@@](C(=O)OC(C)[C@H]1C=C[C@H]([C@@H]2CCC(=O)O2)O1)(c1ccccc1)C(F)(F)F. The summed E-state index contributed by atoms with van der Waals surface area (Å²) >= 11 is 0. The minimum atomic E-state index is -5.05. The van der Waals surface area contributed by atoms with Gasteiger partial charge < -0.3 is 18.9 Å². The molecule has 158 valence electrons. The van der Waals surface area contributed by atoms with Crippen molar-refractivity contribution in [3.8, 4) is 0 Å². The van der Waals surface area contributed by atoms with Crippen molar-refractivity contribution >= 4 is 11.9 Å². The molecule has 0 amide bonds. The van der Waals surface area contributed by atoms with E-state index in [2.05, 4.69) is 0 Å². The number of ether oxygens (including phenoxy) is 4. The fourth-order valence-electron chi connectivity index (χ4n) is 3.45. The highest BCUT2D eigenvalue weighted by molar-refractivity contribution is 5.83. The molecule has 1 unspecified atom stereocenters. The van der Waals surface area contributed by atoms with E-state index in [1.807, 2.05) is 0 Å². The molecule has 0 aromatic heterocycles. The van der Waals surface area contributed by atoms with Crippen LogP contribution in [0.2, 0.25) is 0 Å². The Balaban J connectivity index is 1.73. The quantitative estimate of drug-likeness (QED) is 0.526. The minimum absolute atomic E-state index is 0.284. The highest BCUT2D eigenvalue weighted by Crippen LogP contribution is 2.43. The molecule has 1 fully saturated rings. The first-order chi connectivity index (χ1) is 13.7. The van der Waals surface area contributed by atoms with Gasteiger partial charge in [-0.3, -0.25) is 4.79 Å². The second-order valence-corrected chi connectivity index (χ2v) is 6.88. The van der Waals surface area contributed by atoms with Gasteiger partial charge in [-0.2, -0.15) is 13.2 Å². The van der Waals surface area contributed by atoms with Crippen molar-refractivity contribution in [1.82, 2.24) is 0 Å². The maximum absolute atomic E-state index is 13.9. The summed E-state index contributed by atoms with van der Waals surface area (Å²) in [6, 6.07) is 6.59. The average molecular weight is 414 g/mol. The predicted octanol–water partition coefficient (Wildman–Crippen LogP) is 3.05. The summed E-state index contributed by atoms with van der Waals surface area (Å²) in [5, 5.41) is 0. The fraction of sp³-hybridized carbons (Fsp3) is 0.500. The van der Waals surface area contributed by atoms with E-state index in [0.29, 0.717) is 6.42 Å². The van der Waals surface area contributed by atoms with Gasteiger partial charge in [0.1, 0.15) is 24.4 Å². The zero-order valence-electron chi connectivity index (χ0n) is 15.8. The number of benzene rings is 1. The van der Waals surface area contributed by atoms with Crippen LogP contribution in [0.25, 0.3) is 0 Å². The van der Waals surface area contributed by atoms with Crippen LogP contribution in [0.3, 0.4) is 0 Å². The summed E-state index contributed by atoms with van der Waals surface area (Å²) in [5.41, 5.74) is -3.64. The third-order valence-electron chi connectivity index (χ3n) is 5.02. The standard InChI is InChI=1S/C20H21F3O6/c1-12(14-8-9-15(28-14)16-10-11-17(24)29-16)27-18(25)19(26-2,20(21,22)23)13-6-4-3-5-7-13/h3-9,12,14-16H,10-11H2,1-2H3/t12?,14-,15-,16+,19-/m1/s1. The molecular weight excluding hydrogens is 393 g/mol. The first-order valence-electron chi connectivity index (χ1n) is 9.11. The van der Waals surface area contributed by atoms with E-state index in [4.69, 9.17) is 18.9 Å². The third kappa shape index (κ3) is 4.02. The Kier molecular flexibility index (Phi) is 6.00. The molecule has 2 heterocycles. The van der Waals surface area contributed by atoms with E-state index in [1.165, 1.54) is 25.1 Å². The van der Waals surface area contributed by atoms with Gasteiger partial charge in [-0.05, 0) is 13.3 Å². The number of hydrogen-bond donors (Lipinski definition) is 0. The normalized spacial score (nSPS) is 27.3. The van der Waals surface area contributed by atoms with Gasteiger partial charge in [0.25, 0.3) is 5.60 Å². The van der Waals surface area contributed by atoms with Gasteiger partial charge in [-0.1, -0.05) is 42.5 Å². The second kappa shape index (κ2) is 8.16. The van der Waals surface area contributed by atoms with Gasteiger partial charge >= 0.3 is 18.1 Å². The van der Waals surface area contributed by atoms with E-state index in [0.717, 1.165) is 19.2 Å². The molecule has 0 saturated carbocycles. The maximum atomic E-state index is 13.9. The Morgan fingerprint density at radius 2 is 1.90 bits per heavy atom. The molecule has 29 heavy (non-hydrogen) atoms. The zero-order chi connectivity index (χ0) is 21.2. The highest BCUT2D eigenvalue weighted by atomic mass is 19.4. The van der Waals surface area contributed by atoms with Crippen LogP contribution in [0.4, 0.5) is 13.2 Å². The number of cyclic esters (lactones) is 1. The van der Waals surface area contributed by atoms with Crippen molar-refractivity contribution in [2.24, 2.45) is 0 Å². The molecule has 6 nitrogen and oxygen atoms in total. The van der Waals surface area contributed by atoms with Crippen LogP contribution >= 0.6 is 0 Å². The molecule has 3 rings (SSSR count). The molecule has 0 bridgehead atoms. The Hall–Kier alpha value is -2.39.